The number of carbonyl (C=O) groups is 1. The lowest BCUT2D eigenvalue weighted by Crippen LogP contribution is -2.45. The highest BCUT2D eigenvalue weighted by Gasteiger charge is 2.31. The van der Waals surface area contributed by atoms with Gasteiger partial charge in [0.1, 0.15) is 5.75 Å². The number of aromatic nitrogens is 1. The van der Waals surface area contributed by atoms with Gasteiger partial charge in [0.2, 0.25) is 5.91 Å². The summed E-state index contributed by atoms with van der Waals surface area (Å²) >= 11 is 0. The van der Waals surface area contributed by atoms with Crippen molar-refractivity contribution in [2.45, 2.75) is 31.7 Å². The van der Waals surface area contributed by atoms with E-state index in [2.05, 4.69) is 14.6 Å². The van der Waals surface area contributed by atoms with E-state index in [0.717, 1.165) is 44.6 Å². The normalized spacial score (nSPS) is 15.9. The third kappa shape index (κ3) is 7.10. The Balaban J connectivity index is 1.50. The first-order valence-corrected chi connectivity index (χ1v) is 10.2. The number of halogens is 3. The van der Waals surface area contributed by atoms with Crippen LogP contribution in [0.2, 0.25) is 0 Å². The Morgan fingerprint density at radius 2 is 1.90 bits per heavy atom. The van der Waals surface area contributed by atoms with E-state index in [4.69, 9.17) is 0 Å². The van der Waals surface area contributed by atoms with Crippen LogP contribution < -0.4 is 4.74 Å². The van der Waals surface area contributed by atoms with E-state index in [1.807, 2.05) is 18.2 Å². The smallest absolute Gasteiger partial charge is 0.405 e. The molecule has 1 aromatic carbocycles. The zero-order valence-corrected chi connectivity index (χ0v) is 17.4. The van der Waals surface area contributed by atoms with Gasteiger partial charge in [-0.05, 0) is 37.1 Å². The monoisotopic (exact) mass is 433 g/mol. The first-order chi connectivity index (χ1) is 14.8. The molecule has 1 saturated heterocycles. The molecule has 0 atom stereocenters. The van der Waals surface area contributed by atoms with Crippen LogP contribution in [0.3, 0.4) is 0 Å². The fraction of sp³-hybridized carbons (Fsp3) is 0.391. The molecule has 166 valence electrons. The lowest BCUT2D eigenvalue weighted by molar-refractivity contribution is -0.274. The van der Waals surface area contributed by atoms with Gasteiger partial charge in [-0.3, -0.25) is 9.78 Å². The SMILES string of the molecule is CN(C(=O)/C=C/c1ccccc1OC(F)(F)F)C1CCN(CCc2ccccn2)CC1. The molecule has 0 saturated carbocycles. The highest BCUT2D eigenvalue weighted by Crippen LogP contribution is 2.27. The molecule has 2 aromatic rings. The molecular weight excluding hydrogens is 407 g/mol. The molecule has 0 bridgehead atoms. The molecule has 1 fully saturated rings. The van der Waals surface area contributed by atoms with Crippen LogP contribution in [0, 0.1) is 0 Å². The second-order valence-electron chi connectivity index (χ2n) is 7.51. The minimum absolute atomic E-state index is 0.102. The van der Waals surface area contributed by atoms with Crippen LogP contribution >= 0.6 is 0 Å². The number of ether oxygens (including phenoxy) is 1. The molecule has 0 spiro atoms. The number of benzene rings is 1. The standard InChI is InChI=1S/C23H26F3N3O2/c1-28(20-12-16-29(17-13-20)15-11-19-7-4-5-14-27-19)22(30)10-9-18-6-2-3-8-21(18)31-23(24,25)26/h2-10,14,20H,11-13,15-17H2,1H3/b10-9+. The van der Waals surface area contributed by atoms with Crippen molar-refractivity contribution in [3.8, 4) is 5.75 Å². The van der Waals surface area contributed by atoms with Gasteiger partial charge in [-0.15, -0.1) is 13.2 Å². The number of para-hydroxylation sites is 1. The molecule has 5 nitrogen and oxygen atoms in total. The number of carbonyl (C=O) groups excluding carboxylic acids is 1. The second kappa shape index (κ2) is 10.4. The van der Waals surface area contributed by atoms with Crippen LogP contribution in [0.15, 0.2) is 54.7 Å². The Hall–Kier alpha value is -2.87. The first-order valence-electron chi connectivity index (χ1n) is 10.2. The average Bonchev–Trinajstić information content (AvgIpc) is 2.76. The van der Waals surface area contributed by atoms with Gasteiger partial charge in [0.05, 0.1) is 0 Å². The summed E-state index contributed by atoms with van der Waals surface area (Å²) in [6.45, 7) is 2.71. The number of hydrogen-bond acceptors (Lipinski definition) is 4. The van der Waals surface area contributed by atoms with Crippen LogP contribution in [0.1, 0.15) is 24.1 Å². The number of nitrogens with zero attached hydrogens (tertiary/aromatic N) is 3. The minimum atomic E-state index is -4.78. The van der Waals surface area contributed by atoms with Gasteiger partial charge < -0.3 is 14.5 Å². The summed E-state index contributed by atoms with van der Waals surface area (Å²) in [5, 5.41) is 0. The van der Waals surface area contributed by atoms with Gasteiger partial charge in [0.25, 0.3) is 0 Å². The van der Waals surface area contributed by atoms with Gasteiger partial charge in [-0.1, -0.05) is 24.3 Å². The average molecular weight is 433 g/mol. The van der Waals surface area contributed by atoms with Gasteiger partial charge in [-0.25, -0.2) is 0 Å². The predicted molar refractivity (Wildman–Crippen MR) is 112 cm³/mol. The van der Waals surface area contributed by atoms with Gasteiger partial charge in [-0.2, -0.15) is 0 Å². The predicted octanol–water partition coefficient (Wildman–Crippen LogP) is 4.16. The maximum absolute atomic E-state index is 12.6. The first kappa shape index (κ1) is 22.8. The number of hydrogen-bond donors (Lipinski definition) is 0. The van der Waals surface area contributed by atoms with E-state index in [1.165, 1.54) is 30.4 Å². The molecule has 0 radical (unpaired) electrons. The molecule has 1 aliphatic heterocycles. The summed E-state index contributed by atoms with van der Waals surface area (Å²) in [6, 6.07) is 11.8. The van der Waals surface area contributed by atoms with Crippen molar-refractivity contribution >= 4 is 12.0 Å². The van der Waals surface area contributed by atoms with E-state index in [1.54, 1.807) is 24.2 Å². The van der Waals surface area contributed by atoms with Gasteiger partial charge in [0.15, 0.2) is 0 Å². The second-order valence-corrected chi connectivity index (χ2v) is 7.51. The highest BCUT2D eigenvalue weighted by molar-refractivity contribution is 5.92. The van der Waals surface area contributed by atoms with Crippen molar-refractivity contribution in [3.05, 3.63) is 66.0 Å². The molecule has 1 aromatic heterocycles. The molecule has 0 unspecified atom stereocenters. The molecule has 0 N–H and O–H groups in total. The quantitative estimate of drug-likeness (QED) is 0.616. The largest absolute Gasteiger partial charge is 0.573 e. The van der Waals surface area contributed by atoms with Crippen LogP contribution in [0.5, 0.6) is 5.75 Å². The van der Waals surface area contributed by atoms with E-state index < -0.39 is 6.36 Å². The third-order valence-corrected chi connectivity index (χ3v) is 5.41. The molecule has 0 aliphatic carbocycles. The third-order valence-electron chi connectivity index (χ3n) is 5.41. The Labute approximate surface area is 180 Å². The van der Waals surface area contributed by atoms with Crippen molar-refractivity contribution in [1.29, 1.82) is 0 Å². The molecule has 8 heteroatoms. The number of likely N-dealkylation sites (tertiary alicyclic amines) is 1. The molecule has 31 heavy (non-hydrogen) atoms. The van der Waals surface area contributed by atoms with Crippen LogP contribution in [0.25, 0.3) is 6.08 Å². The fourth-order valence-electron chi connectivity index (χ4n) is 3.64. The summed E-state index contributed by atoms with van der Waals surface area (Å²) in [6.07, 6.45) is 2.27. The molecule has 3 rings (SSSR count). The summed E-state index contributed by atoms with van der Waals surface area (Å²) in [5.74, 6) is -0.573. The van der Waals surface area contributed by atoms with Crippen molar-refractivity contribution in [2.75, 3.05) is 26.7 Å². The summed E-state index contributed by atoms with van der Waals surface area (Å²) in [5.41, 5.74) is 1.27. The van der Waals surface area contributed by atoms with E-state index in [0.29, 0.717) is 0 Å². The van der Waals surface area contributed by atoms with Crippen molar-refractivity contribution < 1.29 is 22.7 Å². The lowest BCUT2D eigenvalue weighted by atomic mass is 10.0. The van der Waals surface area contributed by atoms with E-state index in [-0.39, 0.29) is 23.3 Å². The molecule has 2 heterocycles. The van der Waals surface area contributed by atoms with Gasteiger partial charge in [0, 0.05) is 62.7 Å². The topological polar surface area (TPSA) is 45.7 Å². The van der Waals surface area contributed by atoms with Crippen molar-refractivity contribution in [2.24, 2.45) is 0 Å². The van der Waals surface area contributed by atoms with Crippen LogP contribution in [-0.2, 0) is 11.2 Å². The Bertz CT molecular complexity index is 879. The number of rotatable bonds is 7. The maximum Gasteiger partial charge on any atom is 0.573 e. The number of amides is 1. The minimum Gasteiger partial charge on any atom is -0.405 e. The highest BCUT2D eigenvalue weighted by atomic mass is 19.4. The Kier molecular flexibility index (Phi) is 7.68. The maximum atomic E-state index is 12.6. The fourth-order valence-corrected chi connectivity index (χ4v) is 3.64. The van der Waals surface area contributed by atoms with Crippen LogP contribution in [-0.4, -0.2) is 59.8 Å². The number of likely N-dealkylation sites (N-methyl/N-ethyl adjacent to an activating group) is 1. The molecular formula is C23H26F3N3O2. The molecule has 1 aliphatic rings. The Morgan fingerprint density at radius 3 is 2.58 bits per heavy atom. The summed E-state index contributed by atoms with van der Waals surface area (Å²) in [4.78, 5) is 20.9. The molecule has 1 amide bonds. The van der Waals surface area contributed by atoms with Crippen molar-refractivity contribution in [1.82, 2.24) is 14.8 Å². The van der Waals surface area contributed by atoms with Gasteiger partial charge >= 0.3 is 6.36 Å². The number of pyridine rings is 1. The zero-order valence-electron chi connectivity index (χ0n) is 17.4. The summed E-state index contributed by atoms with van der Waals surface area (Å²) < 4.78 is 41.7. The van der Waals surface area contributed by atoms with E-state index >= 15 is 0 Å². The zero-order chi connectivity index (χ0) is 22.3. The van der Waals surface area contributed by atoms with Crippen LogP contribution in [0.4, 0.5) is 13.2 Å². The van der Waals surface area contributed by atoms with Crippen molar-refractivity contribution in [3.63, 3.8) is 0 Å². The summed E-state index contributed by atoms with van der Waals surface area (Å²) in [7, 11) is 1.74. The van der Waals surface area contributed by atoms with E-state index in [9.17, 15) is 18.0 Å². The lowest BCUT2D eigenvalue weighted by Gasteiger charge is -2.36. The Morgan fingerprint density at radius 1 is 1.19 bits per heavy atom. The number of piperidine rings is 1. The number of alkyl halides is 3.